The lowest BCUT2D eigenvalue weighted by Gasteiger charge is -2.16. The molecule has 88 valence electrons. The molecule has 0 spiro atoms. The molecule has 0 aromatic carbocycles. The van der Waals surface area contributed by atoms with Gasteiger partial charge in [-0.25, -0.2) is 0 Å². The van der Waals surface area contributed by atoms with E-state index in [4.69, 9.17) is 9.47 Å². The van der Waals surface area contributed by atoms with Gasteiger partial charge in [0.25, 0.3) is 0 Å². The number of esters is 1. The number of aliphatic hydroxyl groups is 1. The van der Waals surface area contributed by atoms with Crippen LogP contribution in [0.2, 0.25) is 0 Å². The Hall–Kier alpha value is -0.650. The number of rotatable bonds is 5. The molecule has 3 unspecified atom stereocenters. The molecule has 5 heteroatoms. The number of ether oxygens (including phenoxy) is 2. The number of carbonyl (C=O) groups is 1. The van der Waals surface area contributed by atoms with Gasteiger partial charge < -0.3 is 19.9 Å². The summed E-state index contributed by atoms with van der Waals surface area (Å²) >= 11 is 0. The van der Waals surface area contributed by atoms with E-state index in [0.717, 1.165) is 0 Å². The van der Waals surface area contributed by atoms with Crippen LogP contribution in [-0.4, -0.2) is 49.1 Å². The van der Waals surface area contributed by atoms with Crippen LogP contribution >= 0.6 is 0 Å². The van der Waals surface area contributed by atoms with Gasteiger partial charge in [0, 0.05) is 19.6 Å². The fraction of sp³-hybridized carbons (Fsp3) is 0.900. The number of hydrogen-bond donors (Lipinski definition) is 2. The average Bonchev–Trinajstić information content (AvgIpc) is 2.61. The van der Waals surface area contributed by atoms with Crippen molar-refractivity contribution < 1.29 is 19.4 Å². The summed E-state index contributed by atoms with van der Waals surface area (Å²) in [6.07, 6.45) is -0.248. The minimum atomic E-state index is -0.440. The summed E-state index contributed by atoms with van der Waals surface area (Å²) in [5.41, 5.74) is 0. The Morgan fingerprint density at radius 1 is 1.67 bits per heavy atom. The first-order valence-corrected chi connectivity index (χ1v) is 5.33. The molecule has 0 aromatic rings. The largest absolute Gasteiger partial charge is 0.459 e. The van der Waals surface area contributed by atoms with Crippen molar-refractivity contribution in [1.29, 1.82) is 0 Å². The Labute approximate surface area is 89.8 Å². The summed E-state index contributed by atoms with van der Waals surface area (Å²) in [6, 6.07) is -0.371. The van der Waals surface area contributed by atoms with Crippen molar-refractivity contribution in [2.24, 2.45) is 0 Å². The first-order valence-electron chi connectivity index (χ1n) is 5.33. The molecule has 0 bridgehead atoms. The van der Waals surface area contributed by atoms with E-state index >= 15 is 0 Å². The standard InChI is InChI=1S/C10H19NO4/c1-3-14-6-7(2)15-10(13)9-4-8(12)5-11-9/h7-9,11-12H,3-6H2,1-2H3. The van der Waals surface area contributed by atoms with Crippen molar-refractivity contribution in [3.05, 3.63) is 0 Å². The second-order valence-corrected chi connectivity index (χ2v) is 3.76. The summed E-state index contributed by atoms with van der Waals surface area (Å²) in [5.74, 6) is -0.307. The second-order valence-electron chi connectivity index (χ2n) is 3.76. The maximum Gasteiger partial charge on any atom is 0.323 e. The van der Waals surface area contributed by atoms with Crippen molar-refractivity contribution in [2.45, 2.75) is 38.5 Å². The van der Waals surface area contributed by atoms with Gasteiger partial charge in [-0.15, -0.1) is 0 Å². The van der Waals surface area contributed by atoms with E-state index in [0.29, 0.717) is 26.2 Å². The van der Waals surface area contributed by atoms with Crippen molar-refractivity contribution in [1.82, 2.24) is 5.32 Å². The molecule has 0 radical (unpaired) electrons. The van der Waals surface area contributed by atoms with E-state index in [1.165, 1.54) is 0 Å². The predicted molar refractivity (Wildman–Crippen MR) is 54.5 cm³/mol. The van der Waals surface area contributed by atoms with Crippen LogP contribution in [0.25, 0.3) is 0 Å². The zero-order valence-electron chi connectivity index (χ0n) is 9.23. The van der Waals surface area contributed by atoms with E-state index in [1.807, 2.05) is 6.92 Å². The predicted octanol–water partition coefficient (Wildman–Crippen LogP) is -0.323. The van der Waals surface area contributed by atoms with Crippen LogP contribution in [0.5, 0.6) is 0 Å². The molecule has 1 heterocycles. The molecule has 2 N–H and O–H groups in total. The lowest BCUT2D eigenvalue weighted by Crippen LogP contribution is -2.35. The van der Waals surface area contributed by atoms with Crippen molar-refractivity contribution >= 4 is 5.97 Å². The number of β-amino-alcohol motifs (C(OH)–C–C–N with tert-alkyl or cyclic N) is 1. The van der Waals surface area contributed by atoms with Gasteiger partial charge in [-0.05, 0) is 13.8 Å². The van der Waals surface area contributed by atoms with Gasteiger partial charge in [-0.3, -0.25) is 4.79 Å². The second kappa shape index (κ2) is 6.05. The Balaban J connectivity index is 2.23. The molecule has 1 aliphatic rings. The number of hydrogen-bond acceptors (Lipinski definition) is 5. The molecule has 0 saturated carbocycles. The van der Waals surface area contributed by atoms with Gasteiger partial charge in [0.1, 0.15) is 12.1 Å². The Bertz CT molecular complexity index is 210. The average molecular weight is 217 g/mol. The molecule has 5 nitrogen and oxygen atoms in total. The van der Waals surface area contributed by atoms with Crippen molar-refractivity contribution in [2.75, 3.05) is 19.8 Å². The first kappa shape index (κ1) is 12.4. The van der Waals surface area contributed by atoms with E-state index in [2.05, 4.69) is 5.32 Å². The summed E-state index contributed by atoms with van der Waals surface area (Å²) in [7, 11) is 0. The lowest BCUT2D eigenvalue weighted by atomic mass is 10.2. The third-order valence-corrected chi connectivity index (χ3v) is 2.27. The van der Waals surface area contributed by atoms with Crippen LogP contribution < -0.4 is 5.32 Å². The molecule has 0 aliphatic carbocycles. The number of nitrogens with one attached hydrogen (secondary N) is 1. The maximum absolute atomic E-state index is 11.5. The Morgan fingerprint density at radius 2 is 2.40 bits per heavy atom. The monoisotopic (exact) mass is 217 g/mol. The van der Waals surface area contributed by atoms with Crippen LogP contribution in [0.3, 0.4) is 0 Å². The third-order valence-electron chi connectivity index (χ3n) is 2.27. The topological polar surface area (TPSA) is 67.8 Å². The summed E-state index contributed by atoms with van der Waals surface area (Å²) in [4.78, 5) is 11.5. The molecular formula is C10H19NO4. The van der Waals surface area contributed by atoms with Crippen LogP contribution in [0.1, 0.15) is 20.3 Å². The molecule has 1 fully saturated rings. The van der Waals surface area contributed by atoms with E-state index < -0.39 is 6.10 Å². The van der Waals surface area contributed by atoms with Gasteiger partial charge in [-0.1, -0.05) is 0 Å². The number of carbonyl (C=O) groups excluding carboxylic acids is 1. The minimum Gasteiger partial charge on any atom is -0.459 e. The normalized spacial score (nSPS) is 27.7. The van der Waals surface area contributed by atoms with Gasteiger partial charge in [0.2, 0.25) is 0 Å². The lowest BCUT2D eigenvalue weighted by molar-refractivity contribution is -0.153. The van der Waals surface area contributed by atoms with E-state index in [9.17, 15) is 9.90 Å². The molecule has 0 aromatic heterocycles. The van der Waals surface area contributed by atoms with Crippen LogP contribution in [0.15, 0.2) is 0 Å². The van der Waals surface area contributed by atoms with Gasteiger partial charge in [-0.2, -0.15) is 0 Å². The fourth-order valence-electron chi connectivity index (χ4n) is 1.49. The highest BCUT2D eigenvalue weighted by Crippen LogP contribution is 2.09. The number of aliphatic hydroxyl groups excluding tert-OH is 1. The van der Waals surface area contributed by atoms with E-state index in [-0.39, 0.29) is 18.1 Å². The van der Waals surface area contributed by atoms with Crippen LogP contribution in [0.4, 0.5) is 0 Å². The smallest absolute Gasteiger partial charge is 0.323 e. The SMILES string of the molecule is CCOCC(C)OC(=O)C1CC(O)CN1. The van der Waals surface area contributed by atoms with Crippen LogP contribution in [-0.2, 0) is 14.3 Å². The Morgan fingerprint density at radius 3 is 2.93 bits per heavy atom. The van der Waals surface area contributed by atoms with Crippen molar-refractivity contribution in [3.63, 3.8) is 0 Å². The minimum absolute atomic E-state index is 0.239. The summed E-state index contributed by atoms with van der Waals surface area (Å²) in [6.45, 7) is 5.17. The summed E-state index contributed by atoms with van der Waals surface area (Å²) in [5, 5.41) is 12.1. The highest BCUT2D eigenvalue weighted by atomic mass is 16.6. The summed E-state index contributed by atoms with van der Waals surface area (Å²) < 4.78 is 10.3. The maximum atomic E-state index is 11.5. The molecule has 3 atom stereocenters. The van der Waals surface area contributed by atoms with Crippen LogP contribution in [0, 0.1) is 0 Å². The Kier molecular flexibility index (Phi) is 5.01. The fourth-order valence-corrected chi connectivity index (χ4v) is 1.49. The van der Waals surface area contributed by atoms with E-state index in [1.54, 1.807) is 6.92 Å². The quantitative estimate of drug-likeness (QED) is 0.618. The van der Waals surface area contributed by atoms with Gasteiger partial charge >= 0.3 is 5.97 Å². The first-order chi connectivity index (χ1) is 7.13. The zero-order valence-corrected chi connectivity index (χ0v) is 9.23. The van der Waals surface area contributed by atoms with Crippen molar-refractivity contribution in [3.8, 4) is 0 Å². The van der Waals surface area contributed by atoms with Gasteiger partial charge in [0.15, 0.2) is 0 Å². The molecule has 15 heavy (non-hydrogen) atoms. The molecule has 0 amide bonds. The zero-order chi connectivity index (χ0) is 11.3. The molecule has 1 aliphatic heterocycles. The molecule has 1 rings (SSSR count). The molecule has 1 saturated heterocycles. The molecular weight excluding hydrogens is 198 g/mol. The third kappa shape index (κ3) is 4.15. The van der Waals surface area contributed by atoms with Gasteiger partial charge in [0.05, 0.1) is 12.7 Å². The highest BCUT2D eigenvalue weighted by Gasteiger charge is 2.30. The highest BCUT2D eigenvalue weighted by molar-refractivity contribution is 5.76.